The number of rotatable bonds is 9. The largest absolute Gasteiger partial charge is 0.466 e. The third-order valence-corrected chi connectivity index (χ3v) is 3.75. The van der Waals surface area contributed by atoms with Crippen LogP contribution in [0.25, 0.3) is 0 Å². The first-order valence-electron chi connectivity index (χ1n) is 8.15. The van der Waals surface area contributed by atoms with Gasteiger partial charge in [0.15, 0.2) is 0 Å². The van der Waals surface area contributed by atoms with E-state index in [9.17, 15) is 4.79 Å². The van der Waals surface area contributed by atoms with Gasteiger partial charge >= 0.3 is 5.97 Å². The molecule has 0 saturated heterocycles. The maximum Gasteiger partial charge on any atom is 0.308 e. The van der Waals surface area contributed by atoms with Crippen molar-refractivity contribution in [3.05, 3.63) is 0 Å². The van der Waals surface area contributed by atoms with Crippen molar-refractivity contribution >= 4 is 5.97 Å². The van der Waals surface area contributed by atoms with Crippen LogP contribution in [0.4, 0.5) is 0 Å². The van der Waals surface area contributed by atoms with Crippen molar-refractivity contribution in [2.45, 2.75) is 71.4 Å². The lowest BCUT2D eigenvalue weighted by molar-refractivity contribution is -0.149. The molecule has 4 nitrogen and oxygen atoms in total. The van der Waals surface area contributed by atoms with Gasteiger partial charge in [-0.1, -0.05) is 6.42 Å². The van der Waals surface area contributed by atoms with Crippen molar-refractivity contribution in [3.8, 4) is 0 Å². The first kappa shape index (κ1) is 17.4. The molecule has 0 heterocycles. The molecule has 1 aliphatic carbocycles. The Morgan fingerprint density at radius 2 is 2.10 bits per heavy atom. The van der Waals surface area contributed by atoms with Crippen molar-refractivity contribution in [3.63, 3.8) is 0 Å². The number of unbranched alkanes of at least 4 members (excludes halogenated alkanes) is 1. The summed E-state index contributed by atoms with van der Waals surface area (Å²) in [4.78, 5) is 11.8. The van der Waals surface area contributed by atoms with Crippen LogP contribution in [0.3, 0.4) is 0 Å². The molecule has 20 heavy (non-hydrogen) atoms. The number of ether oxygens (including phenoxy) is 2. The van der Waals surface area contributed by atoms with E-state index in [1.807, 2.05) is 6.92 Å². The van der Waals surface area contributed by atoms with E-state index in [1.54, 1.807) is 0 Å². The monoisotopic (exact) mass is 285 g/mol. The third-order valence-electron chi connectivity index (χ3n) is 3.75. The molecule has 2 unspecified atom stereocenters. The van der Waals surface area contributed by atoms with Crippen molar-refractivity contribution in [1.29, 1.82) is 0 Å². The molecule has 1 N–H and O–H groups in total. The smallest absolute Gasteiger partial charge is 0.308 e. The molecular formula is C16H31NO3. The fourth-order valence-electron chi connectivity index (χ4n) is 2.70. The Kier molecular flexibility index (Phi) is 8.86. The molecule has 1 aliphatic rings. The predicted molar refractivity (Wildman–Crippen MR) is 80.7 cm³/mol. The maximum absolute atomic E-state index is 11.8. The van der Waals surface area contributed by atoms with Crippen LogP contribution in [-0.2, 0) is 14.3 Å². The predicted octanol–water partition coefficient (Wildman–Crippen LogP) is 2.90. The van der Waals surface area contributed by atoms with Crippen LogP contribution < -0.4 is 5.32 Å². The van der Waals surface area contributed by atoms with Gasteiger partial charge in [-0.15, -0.1) is 0 Å². The molecule has 1 saturated carbocycles. The zero-order valence-corrected chi connectivity index (χ0v) is 13.3. The maximum atomic E-state index is 11.8. The summed E-state index contributed by atoms with van der Waals surface area (Å²) in [6.07, 6.45) is 6.77. The van der Waals surface area contributed by atoms with Crippen molar-refractivity contribution < 1.29 is 14.3 Å². The van der Waals surface area contributed by atoms with Gasteiger partial charge in [-0.3, -0.25) is 4.79 Å². The number of carbonyl (C=O) groups is 1. The summed E-state index contributed by atoms with van der Waals surface area (Å²) in [6, 6.07) is 0.476. The summed E-state index contributed by atoms with van der Waals surface area (Å²) in [5.74, 6) is 0.0924. The Morgan fingerprint density at radius 1 is 1.30 bits per heavy atom. The molecule has 2 atom stereocenters. The van der Waals surface area contributed by atoms with E-state index in [0.29, 0.717) is 18.8 Å². The minimum absolute atomic E-state index is 0.00988. The number of hydrogen-bond acceptors (Lipinski definition) is 4. The van der Waals surface area contributed by atoms with Gasteiger partial charge < -0.3 is 14.8 Å². The molecule has 118 valence electrons. The van der Waals surface area contributed by atoms with Gasteiger partial charge in [0.25, 0.3) is 0 Å². The average molecular weight is 285 g/mol. The van der Waals surface area contributed by atoms with Crippen LogP contribution in [-0.4, -0.2) is 37.9 Å². The zero-order chi connectivity index (χ0) is 14.8. The summed E-state index contributed by atoms with van der Waals surface area (Å²) < 4.78 is 10.6. The van der Waals surface area contributed by atoms with E-state index in [0.717, 1.165) is 45.3 Å². The van der Waals surface area contributed by atoms with Crippen molar-refractivity contribution in [1.82, 2.24) is 5.32 Å². The Morgan fingerprint density at radius 3 is 2.80 bits per heavy atom. The molecule has 0 aromatic carbocycles. The summed E-state index contributed by atoms with van der Waals surface area (Å²) in [7, 11) is 0. The van der Waals surface area contributed by atoms with Gasteiger partial charge in [-0.05, 0) is 59.4 Å². The highest BCUT2D eigenvalue weighted by atomic mass is 16.5. The molecule has 1 fully saturated rings. The molecule has 0 amide bonds. The standard InChI is InChI=1S/C16H31NO3/c1-4-19-16(18)14-8-7-9-15(12-14)17-10-5-6-11-20-13(2)3/h13-15,17H,4-12H2,1-3H3. The Hall–Kier alpha value is -0.610. The molecular weight excluding hydrogens is 254 g/mol. The lowest BCUT2D eigenvalue weighted by Crippen LogP contribution is -2.37. The summed E-state index contributed by atoms with van der Waals surface area (Å²) >= 11 is 0. The lowest BCUT2D eigenvalue weighted by Gasteiger charge is -2.28. The molecule has 0 aliphatic heterocycles. The minimum atomic E-state index is -0.00988. The Bertz CT molecular complexity index is 268. The van der Waals surface area contributed by atoms with E-state index in [4.69, 9.17) is 9.47 Å². The van der Waals surface area contributed by atoms with E-state index < -0.39 is 0 Å². The van der Waals surface area contributed by atoms with Gasteiger partial charge in [0, 0.05) is 12.6 Å². The van der Waals surface area contributed by atoms with Gasteiger partial charge in [-0.25, -0.2) is 0 Å². The molecule has 0 aromatic rings. The Labute approximate surface area is 123 Å². The van der Waals surface area contributed by atoms with Crippen LogP contribution in [0, 0.1) is 5.92 Å². The number of carbonyl (C=O) groups excluding carboxylic acids is 1. The van der Waals surface area contributed by atoms with E-state index in [1.165, 1.54) is 6.42 Å². The van der Waals surface area contributed by atoms with Gasteiger partial charge in [0.2, 0.25) is 0 Å². The molecule has 1 rings (SSSR count). The third kappa shape index (κ3) is 7.25. The van der Waals surface area contributed by atoms with Crippen LogP contribution in [0.5, 0.6) is 0 Å². The second-order valence-corrected chi connectivity index (χ2v) is 5.89. The second-order valence-electron chi connectivity index (χ2n) is 5.89. The van der Waals surface area contributed by atoms with Crippen LogP contribution in [0.15, 0.2) is 0 Å². The summed E-state index contributed by atoms with van der Waals surface area (Å²) in [5.41, 5.74) is 0. The molecule has 0 radical (unpaired) electrons. The topological polar surface area (TPSA) is 47.6 Å². The van der Waals surface area contributed by atoms with Gasteiger partial charge in [0.05, 0.1) is 18.6 Å². The van der Waals surface area contributed by atoms with Crippen molar-refractivity contribution in [2.75, 3.05) is 19.8 Å². The summed E-state index contributed by atoms with van der Waals surface area (Å²) in [6.45, 7) is 8.35. The SMILES string of the molecule is CCOC(=O)C1CCCC(NCCCCOC(C)C)C1. The summed E-state index contributed by atoms with van der Waals surface area (Å²) in [5, 5.41) is 3.57. The van der Waals surface area contributed by atoms with Crippen LogP contribution in [0.2, 0.25) is 0 Å². The molecule has 4 heteroatoms. The first-order chi connectivity index (χ1) is 9.63. The zero-order valence-electron chi connectivity index (χ0n) is 13.3. The average Bonchev–Trinajstić information content (AvgIpc) is 2.43. The quantitative estimate of drug-likeness (QED) is 0.523. The van der Waals surface area contributed by atoms with Gasteiger partial charge in [0.1, 0.15) is 0 Å². The highest BCUT2D eigenvalue weighted by Crippen LogP contribution is 2.25. The molecule has 0 spiro atoms. The highest BCUT2D eigenvalue weighted by molar-refractivity contribution is 5.72. The molecule has 0 aromatic heterocycles. The van der Waals surface area contributed by atoms with Gasteiger partial charge in [-0.2, -0.15) is 0 Å². The Balaban J connectivity index is 2.10. The van der Waals surface area contributed by atoms with Crippen molar-refractivity contribution in [2.24, 2.45) is 5.92 Å². The number of hydrogen-bond donors (Lipinski definition) is 1. The van der Waals surface area contributed by atoms with Crippen LogP contribution in [0.1, 0.15) is 59.3 Å². The second kappa shape index (κ2) is 10.2. The lowest BCUT2D eigenvalue weighted by atomic mass is 9.85. The van der Waals surface area contributed by atoms with E-state index in [2.05, 4.69) is 19.2 Å². The number of nitrogens with one attached hydrogen (secondary N) is 1. The van der Waals surface area contributed by atoms with Crippen LogP contribution >= 0.6 is 0 Å². The highest BCUT2D eigenvalue weighted by Gasteiger charge is 2.27. The number of esters is 1. The van der Waals surface area contributed by atoms with E-state index >= 15 is 0 Å². The normalized spacial score (nSPS) is 23.0. The fraction of sp³-hybridized carbons (Fsp3) is 0.938. The minimum Gasteiger partial charge on any atom is -0.466 e. The molecule has 0 bridgehead atoms. The van der Waals surface area contributed by atoms with E-state index in [-0.39, 0.29) is 11.9 Å². The first-order valence-corrected chi connectivity index (χ1v) is 8.15. The fourth-order valence-corrected chi connectivity index (χ4v) is 2.70.